The van der Waals surface area contributed by atoms with Crippen LogP contribution < -0.4 is 0 Å². The van der Waals surface area contributed by atoms with Gasteiger partial charge in [0.25, 0.3) is 0 Å². The highest BCUT2D eigenvalue weighted by molar-refractivity contribution is 5.78. The number of nitrogens with zero attached hydrogens (tertiary/aromatic N) is 5. The third-order valence-corrected chi connectivity index (χ3v) is 5.13. The van der Waals surface area contributed by atoms with Crippen LogP contribution in [0.1, 0.15) is 44.8 Å². The van der Waals surface area contributed by atoms with Gasteiger partial charge in [-0.05, 0) is 26.2 Å². The second kappa shape index (κ2) is 8.07. The fourth-order valence-electron chi connectivity index (χ4n) is 3.55. The standard InChI is InChI=1S/C17H29N5O2/c1-3-15-18-16(24-19-15)12-20-8-10-21(11-9-20)13-17(23)22-7-5-4-6-14(22)2/h14H,3-13H2,1-2H3. The van der Waals surface area contributed by atoms with E-state index in [1.165, 1.54) is 6.42 Å². The molecule has 0 aromatic carbocycles. The normalized spacial score (nSPS) is 23.6. The van der Waals surface area contributed by atoms with Gasteiger partial charge in [0.1, 0.15) is 0 Å². The number of rotatable bonds is 5. The van der Waals surface area contributed by atoms with E-state index in [9.17, 15) is 4.79 Å². The molecule has 2 aliphatic heterocycles. The van der Waals surface area contributed by atoms with Crippen molar-refractivity contribution < 1.29 is 9.32 Å². The predicted octanol–water partition coefficient (Wildman–Crippen LogP) is 1.15. The molecule has 0 N–H and O–H groups in total. The van der Waals surface area contributed by atoms with Gasteiger partial charge in [0.15, 0.2) is 5.82 Å². The molecular weight excluding hydrogens is 306 g/mol. The molecule has 0 bridgehead atoms. The minimum Gasteiger partial charge on any atom is -0.339 e. The zero-order valence-corrected chi connectivity index (χ0v) is 14.9. The molecule has 7 nitrogen and oxygen atoms in total. The van der Waals surface area contributed by atoms with E-state index in [0.717, 1.165) is 57.8 Å². The molecule has 2 fully saturated rings. The summed E-state index contributed by atoms with van der Waals surface area (Å²) in [6.45, 7) is 10.1. The van der Waals surface area contributed by atoms with Crippen molar-refractivity contribution in [3.8, 4) is 0 Å². The fraction of sp³-hybridized carbons (Fsp3) is 0.824. The van der Waals surface area contributed by atoms with Gasteiger partial charge >= 0.3 is 0 Å². The second-order valence-electron chi connectivity index (χ2n) is 6.94. The van der Waals surface area contributed by atoms with Gasteiger partial charge in [-0.2, -0.15) is 4.98 Å². The van der Waals surface area contributed by atoms with Gasteiger partial charge < -0.3 is 9.42 Å². The molecule has 2 saturated heterocycles. The first kappa shape index (κ1) is 17.4. The number of carbonyl (C=O) groups excluding carboxylic acids is 1. The first-order valence-corrected chi connectivity index (χ1v) is 9.21. The van der Waals surface area contributed by atoms with Gasteiger partial charge in [-0.25, -0.2) is 0 Å². The molecule has 1 aromatic heterocycles. The van der Waals surface area contributed by atoms with Crippen LogP contribution in [0.15, 0.2) is 4.52 Å². The number of piperazine rings is 1. The molecule has 0 spiro atoms. The van der Waals surface area contributed by atoms with Crippen LogP contribution in [0, 0.1) is 0 Å². The minimum absolute atomic E-state index is 0.292. The van der Waals surface area contributed by atoms with E-state index >= 15 is 0 Å². The minimum atomic E-state index is 0.292. The molecule has 1 aromatic rings. The smallest absolute Gasteiger partial charge is 0.240 e. The number of aryl methyl sites for hydroxylation is 1. The number of hydrogen-bond acceptors (Lipinski definition) is 6. The molecule has 1 atom stereocenters. The highest BCUT2D eigenvalue weighted by Gasteiger charge is 2.26. The number of likely N-dealkylation sites (tertiary alicyclic amines) is 1. The van der Waals surface area contributed by atoms with Gasteiger partial charge in [-0.1, -0.05) is 12.1 Å². The summed E-state index contributed by atoms with van der Waals surface area (Å²) in [6, 6.07) is 0.401. The van der Waals surface area contributed by atoms with Crippen molar-refractivity contribution >= 4 is 5.91 Å². The second-order valence-corrected chi connectivity index (χ2v) is 6.94. The fourth-order valence-corrected chi connectivity index (χ4v) is 3.55. The zero-order valence-electron chi connectivity index (χ0n) is 14.9. The van der Waals surface area contributed by atoms with Crippen molar-refractivity contribution in [3.05, 3.63) is 11.7 Å². The van der Waals surface area contributed by atoms with Crippen molar-refractivity contribution in [2.24, 2.45) is 0 Å². The van der Waals surface area contributed by atoms with E-state index in [0.29, 0.717) is 30.9 Å². The zero-order chi connectivity index (χ0) is 16.9. The molecule has 3 rings (SSSR count). The third kappa shape index (κ3) is 4.33. The third-order valence-electron chi connectivity index (χ3n) is 5.13. The predicted molar refractivity (Wildman–Crippen MR) is 90.4 cm³/mol. The lowest BCUT2D eigenvalue weighted by Crippen LogP contribution is -2.51. The van der Waals surface area contributed by atoms with Crippen LogP contribution in [-0.4, -0.2) is 76.1 Å². The highest BCUT2D eigenvalue weighted by Crippen LogP contribution is 2.17. The molecule has 0 aliphatic carbocycles. The Bertz CT molecular complexity index is 539. The number of piperidine rings is 1. The Morgan fingerprint density at radius 2 is 1.92 bits per heavy atom. The lowest BCUT2D eigenvalue weighted by molar-refractivity contribution is -0.136. The maximum atomic E-state index is 12.5. The van der Waals surface area contributed by atoms with Crippen LogP contribution in [0.5, 0.6) is 0 Å². The van der Waals surface area contributed by atoms with Crippen molar-refractivity contribution in [3.63, 3.8) is 0 Å². The van der Waals surface area contributed by atoms with Crippen LogP contribution in [0.2, 0.25) is 0 Å². The number of hydrogen-bond donors (Lipinski definition) is 0. The Labute approximate surface area is 144 Å². The van der Waals surface area contributed by atoms with Crippen LogP contribution in [-0.2, 0) is 17.8 Å². The molecule has 7 heteroatoms. The van der Waals surface area contributed by atoms with Crippen molar-refractivity contribution in [2.45, 2.75) is 52.1 Å². The first-order valence-electron chi connectivity index (χ1n) is 9.21. The summed E-state index contributed by atoms with van der Waals surface area (Å²) in [4.78, 5) is 23.5. The monoisotopic (exact) mass is 335 g/mol. The largest absolute Gasteiger partial charge is 0.339 e. The topological polar surface area (TPSA) is 65.7 Å². The number of aromatic nitrogens is 2. The SMILES string of the molecule is CCc1noc(CN2CCN(CC(=O)N3CCCCC3C)CC2)n1. The van der Waals surface area contributed by atoms with E-state index in [1.807, 2.05) is 6.92 Å². The summed E-state index contributed by atoms with van der Waals surface area (Å²) in [5.74, 6) is 1.75. The Hall–Kier alpha value is -1.47. The molecular formula is C17H29N5O2. The van der Waals surface area contributed by atoms with Gasteiger partial charge in [-0.15, -0.1) is 0 Å². The maximum absolute atomic E-state index is 12.5. The molecule has 1 unspecified atom stereocenters. The Morgan fingerprint density at radius 3 is 2.58 bits per heavy atom. The summed E-state index contributed by atoms with van der Waals surface area (Å²) in [5.41, 5.74) is 0. The van der Waals surface area contributed by atoms with Crippen LogP contribution in [0.4, 0.5) is 0 Å². The average Bonchev–Trinajstić information content (AvgIpc) is 3.04. The van der Waals surface area contributed by atoms with Crippen LogP contribution in [0.25, 0.3) is 0 Å². The molecule has 134 valence electrons. The van der Waals surface area contributed by atoms with Crippen molar-refractivity contribution in [1.29, 1.82) is 0 Å². The summed E-state index contributed by atoms with van der Waals surface area (Å²) in [5, 5.41) is 3.94. The summed E-state index contributed by atoms with van der Waals surface area (Å²) >= 11 is 0. The lowest BCUT2D eigenvalue weighted by Gasteiger charge is -2.37. The Balaban J connectivity index is 1.42. The first-order chi connectivity index (χ1) is 11.7. The van der Waals surface area contributed by atoms with E-state index in [4.69, 9.17) is 4.52 Å². The molecule has 24 heavy (non-hydrogen) atoms. The van der Waals surface area contributed by atoms with Crippen LogP contribution >= 0.6 is 0 Å². The lowest BCUT2D eigenvalue weighted by atomic mass is 10.0. The van der Waals surface area contributed by atoms with E-state index in [2.05, 4.69) is 31.8 Å². The summed E-state index contributed by atoms with van der Waals surface area (Å²) in [6.07, 6.45) is 4.34. The number of carbonyl (C=O) groups is 1. The van der Waals surface area contributed by atoms with E-state index in [-0.39, 0.29) is 0 Å². The van der Waals surface area contributed by atoms with Gasteiger partial charge in [0.05, 0.1) is 13.1 Å². The Morgan fingerprint density at radius 1 is 1.17 bits per heavy atom. The van der Waals surface area contributed by atoms with E-state index in [1.54, 1.807) is 0 Å². The van der Waals surface area contributed by atoms with Crippen LogP contribution in [0.3, 0.4) is 0 Å². The summed E-state index contributed by atoms with van der Waals surface area (Å²) < 4.78 is 5.26. The summed E-state index contributed by atoms with van der Waals surface area (Å²) in [7, 11) is 0. The molecule has 0 radical (unpaired) electrons. The van der Waals surface area contributed by atoms with Gasteiger partial charge in [-0.3, -0.25) is 14.6 Å². The van der Waals surface area contributed by atoms with Gasteiger partial charge in [0, 0.05) is 45.2 Å². The molecule has 1 amide bonds. The number of amides is 1. The highest BCUT2D eigenvalue weighted by atomic mass is 16.5. The Kier molecular flexibility index (Phi) is 5.84. The maximum Gasteiger partial charge on any atom is 0.240 e. The van der Waals surface area contributed by atoms with E-state index < -0.39 is 0 Å². The van der Waals surface area contributed by atoms with Crippen molar-refractivity contribution in [1.82, 2.24) is 24.8 Å². The molecule has 3 heterocycles. The average molecular weight is 335 g/mol. The quantitative estimate of drug-likeness (QED) is 0.804. The molecule has 0 saturated carbocycles. The molecule has 2 aliphatic rings. The van der Waals surface area contributed by atoms with Gasteiger partial charge in [0.2, 0.25) is 11.8 Å². The van der Waals surface area contributed by atoms with Crippen molar-refractivity contribution in [2.75, 3.05) is 39.3 Å².